The number of aromatic amines is 2. The van der Waals surface area contributed by atoms with Gasteiger partial charge in [0.1, 0.15) is 22.6 Å². The second-order valence-corrected chi connectivity index (χ2v) is 6.67. The summed E-state index contributed by atoms with van der Waals surface area (Å²) in [5.41, 5.74) is 3.04. The number of thiophene rings is 1. The third kappa shape index (κ3) is 3.18. The number of amides is 1. The monoisotopic (exact) mass is 367 g/mol. The van der Waals surface area contributed by atoms with Gasteiger partial charge in [0.25, 0.3) is 0 Å². The lowest BCUT2D eigenvalue weighted by Gasteiger charge is -2.07. The number of carbonyl (C=O) groups is 1. The van der Waals surface area contributed by atoms with E-state index in [2.05, 4.69) is 25.3 Å². The number of hydrogen-bond donors (Lipinski definition) is 3. The van der Waals surface area contributed by atoms with E-state index < -0.39 is 0 Å². The van der Waals surface area contributed by atoms with Gasteiger partial charge in [-0.1, -0.05) is 6.07 Å². The molecule has 0 atom stereocenters. The van der Waals surface area contributed by atoms with E-state index in [4.69, 9.17) is 4.74 Å². The smallest absolute Gasteiger partial charge is 0.224 e. The molecular formula is C18H17N5O2S. The first-order valence-electron chi connectivity index (χ1n) is 8.12. The van der Waals surface area contributed by atoms with Gasteiger partial charge < -0.3 is 20.0 Å². The summed E-state index contributed by atoms with van der Waals surface area (Å²) in [6, 6.07) is 7.61. The lowest BCUT2D eigenvalue weighted by atomic mass is 10.2. The van der Waals surface area contributed by atoms with E-state index in [9.17, 15) is 4.79 Å². The Bertz CT molecular complexity index is 1020. The van der Waals surface area contributed by atoms with Crippen LogP contribution in [0, 0.1) is 0 Å². The number of imidazole rings is 2. The van der Waals surface area contributed by atoms with E-state index in [0.29, 0.717) is 29.8 Å². The van der Waals surface area contributed by atoms with Crippen molar-refractivity contribution in [2.45, 2.75) is 12.8 Å². The van der Waals surface area contributed by atoms with Gasteiger partial charge in [-0.05, 0) is 30.0 Å². The van der Waals surface area contributed by atoms with Crippen molar-refractivity contribution in [2.75, 3.05) is 12.4 Å². The lowest BCUT2D eigenvalue weighted by Crippen LogP contribution is -2.12. The molecule has 7 nitrogen and oxygen atoms in total. The number of ether oxygens (including phenoxy) is 1. The molecule has 3 heterocycles. The van der Waals surface area contributed by atoms with Gasteiger partial charge in [-0.15, -0.1) is 11.3 Å². The molecule has 4 aromatic rings. The highest BCUT2D eigenvalue weighted by Crippen LogP contribution is 2.33. The number of nitrogens with zero attached hydrogens (tertiary/aromatic N) is 2. The minimum Gasteiger partial charge on any atom is -0.494 e. The molecule has 3 aromatic heterocycles. The number of hydrogen-bond acceptors (Lipinski definition) is 5. The zero-order valence-electron chi connectivity index (χ0n) is 14.1. The molecule has 0 bridgehead atoms. The van der Waals surface area contributed by atoms with Gasteiger partial charge >= 0.3 is 0 Å². The molecule has 0 saturated heterocycles. The maximum atomic E-state index is 12.3. The molecule has 8 heteroatoms. The fourth-order valence-electron chi connectivity index (χ4n) is 2.75. The van der Waals surface area contributed by atoms with Crippen LogP contribution in [0.5, 0.6) is 5.75 Å². The van der Waals surface area contributed by atoms with Crippen LogP contribution in [0.3, 0.4) is 0 Å². The third-order valence-corrected chi connectivity index (χ3v) is 4.91. The second-order valence-electron chi connectivity index (χ2n) is 5.73. The zero-order chi connectivity index (χ0) is 17.9. The molecule has 26 heavy (non-hydrogen) atoms. The molecule has 1 amide bonds. The van der Waals surface area contributed by atoms with Gasteiger partial charge in [-0.25, -0.2) is 9.97 Å². The number of anilines is 1. The van der Waals surface area contributed by atoms with E-state index >= 15 is 0 Å². The first-order valence-corrected chi connectivity index (χ1v) is 9.00. The number of nitrogens with one attached hydrogen (secondary N) is 3. The standard InChI is InChI=1S/C18H17N5O2S/c1-25-13-6-5-12(21-15(24)7-4-11-9-19-10-20-11)16-17(13)23-18(22-16)14-3-2-8-26-14/h2-3,5-6,8-10H,4,7H2,1H3,(H,19,20)(H,21,24)(H,22,23). The van der Waals surface area contributed by atoms with Gasteiger partial charge in [0.05, 0.1) is 24.0 Å². The summed E-state index contributed by atoms with van der Waals surface area (Å²) >= 11 is 1.60. The van der Waals surface area contributed by atoms with Gasteiger partial charge in [-0.3, -0.25) is 4.79 Å². The number of aromatic nitrogens is 4. The SMILES string of the molecule is COc1ccc(NC(=O)CCc2cnc[nH]2)c2nc(-c3cccs3)[nH]c12. The molecule has 0 spiro atoms. The molecule has 3 N–H and O–H groups in total. The second kappa shape index (κ2) is 7.01. The van der Waals surface area contributed by atoms with Crippen molar-refractivity contribution in [2.24, 2.45) is 0 Å². The van der Waals surface area contributed by atoms with E-state index in [1.165, 1.54) is 0 Å². The van der Waals surface area contributed by atoms with Crippen LogP contribution in [0.25, 0.3) is 21.7 Å². The maximum Gasteiger partial charge on any atom is 0.224 e. The van der Waals surface area contributed by atoms with Gasteiger partial charge in [-0.2, -0.15) is 0 Å². The van der Waals surface area contributed by atoms with Crippen molar-refractivity contribution in [1.29, 1.82) is 0 Å². The average molecular weight is 367 g/mol. The fourth-order valence-corrected chi connectivity index (χ4v) is 3.42. The number of fused-ring (bicyclic) bond motifs is 1. The fraction of sp³-hybridized carbons (Fsp3) is 0.167. The van der Waals surface area contributed by atoms with E-state index in [1.54, 1.807) is 31.0 Å². The summed E-state index contributed by atoms with van der Waals surface area (Å²) in [6.07, 6.45) is 4.29. The van der Waals surface area contributed by atoms with Crippen molar-refractivity contribution < 1.29 is 9.53 Å². The predicted octanol–water partition coefficient (Wildman–Crippen LogP) is 3.59. The molecule has 0 saturated carbocycles. The van der Waals surface area contributed by atoms with Crippen molar-refractivity contribution >= 4 is 34.0 Å². The van der Waals surface area contributed by atoms with Gasteiger partial charge in [0.15, 0.2) is 0 Å². The number of H-pyrrole nitrogens is 2. The van der Waals surface area contributed by atoms with Gasteiger partial charge in [0.2, 0.25) is 5.91 Å². The number of aryl methyl sites for hydroxylation is 1. The normalized spacial score (nSPS) is 11.0. The van der Waals surface area contributed by atoms with Crippen LogP contribution in [0.1, 0.15) is 12.1 Å². The first kappa shape index (κ1) is 16.3. The van der Waals surface area contributed by atoms with Crippen LogP contribution < -0.4 is 10.1 Å². The Labute approximate surface area is 153 Å². The van der Waals surface area contributed by atoms with E-state index in [0.717, 1.165) is 21.9 Å². The van der Waals surface area contributed by atoms with Crippen molar-refractivity contribution in [1.82, 2.24) is 19.9 Å². The highest BCUT2D eigenvalue weighted by Gasteiger charge is 2.15. The van der Waals surface area contributed by atoms with Crippen molar-refractivity contribution in [3.63, 3.8) is 0 Å². The number of benzene rings is 1. The molecule has 0 aliphatic rings. The predicted molar refractivity (Wildman–Crippen MR) is 101 cm³/mol. The van der Waals surface area contributed by atoms with Crippen LogP contribution in [0.15, 0.2) is 42.2 Å². The molecule has 0 aliphatic heterocycles. The minimum absolute atomic E-state index is 0.0771. The van der Waals surface area contributed by atoms with Crippen LogP contribution >= 0.6 is 11.3 Å². The van der Waals surface area contributed by atoms with Crippen molar-refractivity contribution in [3.8, 4) is 16.5 Å². The summed E-state index contributed by atoms with van der Waals surface area (Å²) in [5.74, 6) is 1.37. The maximum absolute atomic E-state index is 12.3. The van der Waals surface area contributed by atoms with Crippen LogP contribution in [0.4, 0.5) is 5.69 Å². The first-order chi connectivity index (χ1) is 12.7. The Morgan fingerprint density at radius 1 is 1.35 bits per heavy atom. The Morgan fingerprint density at radius 2 is 2.27 bits per heavy atom. The molecule has 0 fully saturated rings. The number of carbonyl (C=O) groups excluding carboxylic acids is 1. The number of rotatable bonds is 6. The quantitative estimate of drug-likeness (QED) is 0.485. The van der Waals surface area contributed by atoms with Crippen LogP contribution in [-0.2, 0) is 11.2 Å². The highest BCUT2D eigenvalue weighted by atomic mass is 32.1. The lowest BCUT2D eigenvalue weighted by molar-refractivity contribution is -0.116. The van der Waals surface area contributed by atoms with Crippen LogP contribution in [-0.4, -0.2) is 33.0 Å². The molecular weight excluding hydrogens is 350 g/mol. The highest BCUT2D eigenvalue weighted by molar-refractivity contribution is 7.13. The van der Waals surface area contributed by atoms with Gasteiger partial charge in [0, 0.05) is 18.3 Å². The van der Waals surface area contributed by atoms with E-state index in [-0.39, 0.29) is 5.91 Å². The Balaban J connectivity index is 1.61. The molecule has 0 aliphatic carbocycles. The molecule has 1 aromatic carbocycles. The Morgan fingerprint density at radius 3 is 3.00 bits per heavy atom. The Hall–Kier alpha value is -3.13. The molecule has 132 valence electrons. The summed E-state index contributed by atoms with van der Waals surface area (Å²) < 4.78 is 5.42. The summed E-state index contributed by atoms with van der Waals surface area (Å²) in [5, 5.41) is 4.95. The summed E-state index contributed by atoms with van der Waals surface area (Å²) in [4.78, 5) is 28.3. The third-order valence-electron chi connectivity index (χ3n) is 4.03. The largest absolute Gasteiger partial charge is 0.494 e. The average Bonchev–Trinajstić information content (AvgIpc) is 3.41. The summed E-state index contributed by atoms with van der Waals surface area (Å²) in [6.45, 7) is 0. The minimum atomic E-state index is -0.0771. The summed E-state index contributed by atoms with van der Waals surface area (Å²) in [7, 11) is 1.61. The topological polar surface area (TPSA) is 95.7 Å². The molecule has 4 rings (SSSR count). The molecule has 0 unspecified atom stereocenters. The van der Waals surface area contributed by atoms with E-state index in [1.807, 2.05) is 29.6 Å². The van der Waals surface area contributed by atoms with Crippen molar-refractivity contribution in [3.05, 3.63) is 47.9 Å². The zero-order valence-corrected chi connectivity index (χ0v) is 14.9. The van der Waals surface area contributed by atoms with Crippen LogP contribution in [0.2, 0.25) is 0 Å². The number of methoxy groups -OCH3 is 1. The Kier molecular flexibility index (Phi) is 4.40. The molecule has 0 radical (unpaired) electrons.